The molecule has 0 radical (unpaired) electrons. The molecule has 1 atom stereocenters. The second-order valence-corrected chi connectivity index (χ2v) is 6.96. The SMILES string of the molecule is CN=C(NCc1ccc(N(C)C)cc1)NCC(OC)C(C)(C)C.I. The van der Waals surface area contributed by atoms with Crippen LogP contribution in [0.5, 0.6) is 0 Å². The van der Waals surface area contributed by atoms with E-state index in [0.29, 0.717) is 0 Å². The van der Waals surface area contributed by atoms with Crippen LogP contribution < -0.4 is 15.5 Å². The highest BCUT2D eigenvalue weighted by Gasteiger charge is 2.24. The Kier molecular flexibility index (Phi) is 10.3. The summed E-state index contributed by atoms with van der Waals surface area (Å²) in [5.41, 5.74) is 2.50. The highest BCUT2D eigenvalue weighted by Crippen LogP contribution is 2.20. The molecule has 1 aromatic carbocycles. The van der Waals surface area contributed by atoms with Crippen molar-refractivity contribution < 1.29 is 4.74 Å². The van der Waals surface area contributed by atoms with Gasteiger partial charge in [-0.3, -0.25) is 4.99 Å². The van der Waals surface area contributed by atoms with E-state index in [4.69, 9.17) is 4.74 Å². The van der Waals surface area contributed by atoms with Gasteiger partial charge in [-0.05, 0) is 23.1 Å². The first-order chi connectivity index (χ1) is 10.8. The van der Waals surface area contributed by atoms with Gasteiger partial charge in [-0.15, -0.1) is 24.0 Å². The normalized spacial score (nSPS) is 13.0. The second kappa shape index (κ2) is 10.8. The summed E-state index contributed by atoms with van der Waals surface area (Å²) in [6.45, 7) is 7.97. The second-order valence-electron chi connectivity index (χ2n) is 6.96. The number of methoxy groups -OCH3 is 1. The summed E-state index contributed by atoms with van der Waals surface area (Å²) in [5.74, 6) is 0.785. The Labute approximate surface area is 164 Å². The van der Waals surface area contributed by atoms with Crippen LogP contribution in [0.4, 0.5) is 5.69 Å². The number of nitrogens with one attached hydrogen (secondary N) is 2. The van der Waals surface area contributed by atoms with Crippen LogP contribution in [-0.4, -0.2) is 46.9 Å². The van der Waals surface area contributed by atoms with Gasteiger partial charge >= 0.3 is 0 Å². The molecule has 0 bridgehead atoms. The van der Waals surface area contributed by atoms with Crippen molar-refractivity contribution in [2.45, 2.75) is 33.4 Å². The first-order valence-electron chi connectivity index (χ1n) is 8.01. The van der Waals surface area contributed by atoms with Crippen LogP contribution >= 0.6 is 24.0 Å². The number of hydrogen-bond donors (Lipinski definition) is 2. The summed E-state index contributed by atoms with van der Waals surface area (Å²) in [4.78, 5) is 6.36. The molecule has 0 aliphatic carbocycles. The standard InChI is InChI=1S/C18H32N4O.HI/c1-18(2,3)16(23-7)13-21-17(19-4)20-12-14-8-10-15(11-9-14)22(5)6;/h8-11,16H,12-13H2,1-7H3,(H2,19,20,21);1H. The van der Waals surface area contributed by atoms with E-state index < -0.39 is 0 Å². The topological polar surface area (TPSA) is 48.9 Å². The van der Waals surface area contributed by atoms with Gasteiger partial charge < -0.3 is 20.3 Å². The number of benzene rings is 1. The maximum atomic E-state index is 5.56. The zero-order valence-corrected chi connectivity index (χ0v) is 18.3. The molecule has 1 aromatic rings. The highest BCUT2D eigenvalue weighted by atomic mass is 127. The molecule has 5 nitrogen and oxygen atoms in total. The molecule has 0 aliphatic heterocycles. The zero-order valence-electron chi connectivity index (χ0n) is 16.0. The minimum atomic E-state index is 0. The van der Waals surface area contributed by atoms with E-state index in [0.717, 1.165) is 19.0 Å². The minimum absolute atomic E-state index is 0. The number of halogens is 1. The van der Waals surface area contributed by atoms with E-state index in [2.05, 4.69) is 65.6 Å². The number of anilines is 1. The van der Waals surface area contributed by atoms with E-state index in [9.17, 15) is 0 Å². The summed E-state index contributed by atoms with van der Waals surface area (Å²) >= 11 is 0. The molecule has 24 heavy (non-hydrogen) atoms. The molecule has 0 heterocycles. The zero-order chi connectivity index (χ0) is 17.5. The van der Waals surface area contributed by atoms with Crippen molar-refractivity contribution in [3.63, 3.8) is 0 Å². The summed E-state index contributed by atoms with van der Waals surface area (Å²) in [7, 11) is 7.62. The Morgan fingerprint density at radius 3 is 2.17 bits per heavy atom. The van der Waals surface area contributed by atoms with E-state index in [1.165, 1.54) is 11.3 Å². The van der Waals surface area contributed by atoms with Gasteiger partial charge in [-0.1, -0.05) is 32.9 Å². The fourth-order valence-corrected chi connectivity index (χ4v) is 2.25. The van der Waals surface area contributed by atoms with E-state index in [1.54, 1.807) is 14.2 Å². The quantitative estimate of drug-likeness (QED) is 0.399. The molecule has 1 unspecified atom stereocenters. The van der Waals surface area contributed by atoms with Crippen molar-refractivity contribution in [2.24, 2.45) is 10.4 Å². The van der Waals surface area contributed by atoms with Gasteiger partial charge in [0, 0.05) is 47.0 Å². The van der Waals surface area contributed by atoms with Crippen LogP contribution in [-0.2, 0) is 11.3 Å². The molecule has 0 spiro atoms. The lowest BCUT2D eigenvalue weighted by Crippen LogP contribution is -2.45. The van der Waals surface area contributed by atoms with Crippen molar-refractivity contribution in [1.29, 1.82) is 0 Å². The lowest BCUT2D eigenvalue weighted by atomic mass is 9.89. The van der Waals surface area contributed by atoms with Gasteiger partial charge in [-0.25, -0.2) is 0 Å². The van der Waals surface area contributed by atoms with Crippen molar-refractivity contribution >= 4 is 35.6 Å². The van der Waals surface area contributed by atoms with Gasteiger partial charge in [0.15, 0.2) is 5.96 Å². The third-order valence-electron chi connectivity index (χ3n) is 3.84. The van der Waals surface area contributed by atoms with Crippen LogP contribution in [0.3, 0.4) is 0 Å². The number of hydrogen-bond acceptors (Lipinski definition) is 3. The first-order valence-corrected chi connectivity index (χ1v) is 8.01. The fraction of sp³-hybridized carbons (Fsp3) is 0.611. The number of ether oxygens (including phenoxy) is 1. The molecular formula is C18H33IN4O. The number of aliphatic imine (C=N–C) groups is 1. The molecule has 0 amide bonds. The maximum Gasteiger partial charge on any atom is 0.191 e. The Bertz CT molecular complexity index is 495. The molecule has 0 aliphatic rings. The average Bonchev–Trinajstić information content (AvgIpc) is 2.50. The molecule has 6 heteroatoms. The van der Waals surface area contributed by atoms with Gasteiger partial charge in [-0.2, -0.15) is 0 Å². The first kappa shape index (κ1) is 23.0. The van der Waals surface area contributed by atoms with E-state index in [-0.39, 0.29) is 35.5 Å². The summed E-state index contributed by atoms with van der Waals surface area (Å²) < 4.78 is 5.56. The van der Waals surface area contributed by atoms with Crippen LogP contribution in [0.15, 0.2) is 29.3 Å². The van der Waals surface area contributed by atoms with Crippen molar-refractivity contribution in [3.05, 3.63) is 29.8 Å². The third-order valence-corrected chi connectivity index (χ3v) is 3.84. The minimum Gasteiger partial charge on any atom is -0.379 e. The lowest BCUT2D eigenvalue weighted by molar-refractivity contribution is 0.0205. The van der Waals surface area contributed by atoms with Crippen molar-refractivity contribution in [1.82, 2.24) is 10.6 Å². The third kappa shape index (κ3) is 7.70. The van der Waals surface area contributed by atoms with E-state index in [1.807, 2.05) is 14.1 Å². The fourth-order valence-electron chi connectivity index (χ4n) is 2.25. The van der Waals surface area contributed by atoms with E-state index >= 15 is 0 Å². The summed E-state index contributed by atoms with van der Waals surface area (Å²) in [6.07, 6.45) is 0.125. The van der Waals surface area contributed by atoms with Gasteiger partial charge in [0.2, 0.25) is 0 Å². The van der Waals surface area contributed by atoms with Gasteiger partial charge in [0.25, 0.3) is 0 Å². The molecule has 0 fully saturated rings. The van der Waals surface area contributed by atoms with Crippen molar-refractivity contribution in [3.8, 4) is 0 Å². The van der Waals surface area contributed by atoms with Gasteiger partial charge in [0.1, 0.15) is 0 Å². The lowest BCUT2D eigenvalue weighted by Gasteiger charge is -2.30. The molecule has 138 valence electrons. The number of guanidine groups is 1. The Hall–Kier alpha value is -1.02. The average molecular weight is 448 g/mol. The van der Waals surface area contributed by atoms with Crippen LogP contribution in [0, 0.1) is 5.41 Å². The Morgan fingerprint density at radius 2 is 1.75 bits per heavy atom. The molecule has 0 aromatic heterocycles. The van der Waals surface area contributed by atoms with Crippen LogP contribution in [0.1, 0.15) is 26.3 Å². The highest BCUT2D eigenvalue weighted by molar-refractivity contribution is 14.0. The molecule has 2 N–H and O–H groups in total. The Balaban J connectivity index is 0.00000529. The molecular weight excluding hydrogens is 415 g/mol. The predicted molar refractivity (Wildman–Crippen MR) is 115 cm³/mol. The molecule has 1 rings (SSSR count). The Morgan fingerprint density at radius 1 is 1.17 bits per heavy atom. The van der Waals surface area contributed by atoms with Crippen LogP contribution in [0.25, 0.3) is 0 Å². The smallest absolute Gasteiger partial charge is 0.191 e. The molecule has 0 saturated heterocycles. The largest absolute Gasteiger partial charge is 0.379 e. The van der Waals surface area contributed by atoms with Crippen molar-refractivity contribution in [2.75, 3.05) is 39.7 Å². The summed E-state index contributed by atoms with van der Waals surface area (Å²) in [6, 6.07) is 8.49. The number of nitrogens with zero attached hydrogens (tertiary/aromatic N) is 2. The predicted octanol–water partition coefficient (Wildman–Crippen LogP) is 3.10. The van der Waals surface area contributed by atoms with Crippen LogP contribution in [0.2, 0.25) is 0 Å². The summed E-state index contributed by atoms with van der Waals surface area (Å²) in [5, 5.41) is 6.67. The monoisotopic (exact) mass is 448 g/mol. The molecule has 0 saturated carbocycles. The van der Waals surface area contributed by atoms with Gasteiger partial charge in [0.05, 0.1) is 6.10 Å². The maximum absolute atomic E-state index is 5.56. The number of rotatable bonds is 6.